The van der Waals surface area contributed by atoms with Gasteiger partial charge in [-0.15, -0.1) is 0 Å². The van der Waals surface area contributed by atoms with Gasteiger partial charge in [-0.3, -0.25) is 4.79 Å². The quantitative estimate of drug-likeness (QED) is 0.835. The number of benzene rings is 1. The molecule has 0 saturated carbocycles. The minimum atomic E-state index is -4.43. The third-order valence-electron chi connectivity index (χ3n) is 4.00. The average Bonchev–Trinajstić information content (AvgIpc) is 2.47. The van der Waals surface area contributed by atoms with Crippen molar-refractivity contribution in [3.8, 4) is 0 Å². The molecule has 1 heterocycles. The Balaban J connectivity index is 2.12. The van der Waals surface area contributed by atoms with Crippen molar-refractivity contribution in [3.63, 3.8) is 0 Å². The number of thiol groups is 1. The molecular formula is C15H18F3NO2S. The molecule has 1 saturated heterocycles. The smallest absolute Gasteiger partial charge is 0.385 e. The summed E-state index contributed by atoms with van der Waals surface area (Å²) in [6.07, 6.45) is -3.65. The summed E-state index contributed by atoms with van der Waals surface area (Å²) < 4.78 is 38.3. The number of nitrogens with zero attached hydrogens (tertiary/aromatic N) is 1. The molecule has 1 aromatic carbocycles. The summed E-state index contributed by atoms with van der Waals surface area (Å²) in [7, 11) is 0. The molecule has 0 aromatic heterocycles. The molecule has 0 spiro atoms. The Hall–Kier alpha value is -1.21. The van der Waals surface area contributed by atoms with E-state index in [2.05, 4.69) is 12.6 Å². The number of piperidine rings is 1. The molecule has 0 bridgehead atoms. The fraction of sp³-hybridized carbons (Fsp3) is 0.533. The maximum absolute atomic E-state index is 12.8. The first-order valence-corrected chi connectivity index (χ1v) is 7.68. The van der Waals surface area contributed by atoms with Crippen LogP contribution in [0.3, 0.4) is 0 Å². The lowest BCUT2D eigenvalue weighted by molar-refractivity contribution is -0.137. The zero-order valence-electron chi connectivity index (χ0n) is 11.9. The van der Waals surface area contributed by atoms with E-state index in [-0.39, 0.29) is 24.3 Å². The first kappa shape index (κ1) is 17.1. The molecular weight excluding hydrogens is 315 g/mol. The van der Waals surface area contributed by atoms with Crippen molar-refractivity contribution in [1.82, 2.24) is 4.90 Å². The fourth-order valence-electron chi connectivity index (χ4n) is 2.65. The summed E-state index contributed by atoms with van der Waals surface area (Å²) in [5.74, 6) is 0.411. The van der Waals surface area contributed by atoms with Crippen LogP contribution >= 0.6 is 12.6 Å². The summed E-state index contributed by atoms with van der Waals surface area (Å²) in [5.41, 5.74) is -1.84. The van der Waals surface area contributed by atoms with Gasteiger partial charge in [0.25, 0.3) is 0 Å². The van der Waals surface area contributed by atoms with Gasteiger partial charge >= 0.3 is 6.18 Å². The second-order valence-corrected chi connectivity index (χ2v) is 5.91. The van der Waals surface area contributed by atoms with E-state index in [1.807, 2.05) is 0 Å². The largest absolute Gasteiger partial charge is 0.416 e. The van der Waals surface area contributed by atoms with E-state index in [9.17, 15) is 23.1 Å². The lowest BCUT2D eigenvalue weighted by Crippen LogP contribution is -2.45. The van der Waals surface area contributed by atoms with Gasteiger partial charge in [-0.1, -0.05) is 12.1 Å². The number of carbonyl (C=O) groups is 1. The van der Waals surface area contributed by atoms with Gasteiger partial charge in [0.15, 0.2) is 0 Å². The highest BCUT2D eigenvalue weighted by Gasteiger charge is 2.37. The van der Waals surface area contributed by atoms with E-state index < -0.39 is 17.3 Å². The minimum Gasteiger partial charge on any atom is -0.385 e. The number of halogens is 3. The third-order valence-corrected chi connectivity index (χ3v) is 4.22. The number of likely N-dealkylation sites (tertiary alicyclic amines) is 1. The Morgan fingerprint density at radius 2 is 1.95 bits per heavy atom. The molecule has 1 amide bonds. The molecule has 122 valence electrons. The van der Waals surface area contributed by atoms with Crippen molar-refractivity contribution in [2.24, 2.45) is 0 Å². The maximum atomic E-state index is 12.8. The normalized spacial score (nSPS) is 18.3. The van der Waals surface area contributed by atoms with Crippen LogP contribution in [0, 0.1) is 0 Å². The van der Waals surface area contributed by atoms with Gasteiger partial charge in [-0.2, -0.15) is 25.8 Å². The second-order valence-electron chi connectivity index (χ2n) is 5.46. The molecule has 22 heavy (non-hydrogen) atoms. The number of alkyl halides is 3. The zero-order chi connectivity index (χ0) is 16.4. The first-order chi connectivity index (χ1) is 10.3. The van der Waals surface area contributed by atoms with Crippen LogP contribution in [-0.2, 0) is 16.6 Å². The van der Waals surface area contributed by atoms with Gasteiger partial charge in [0.05, 0.1) is 11.2 Å². The summed E-state index contributed by atoms with van der Waals surface area (Å²) in [5, 5.41) is 10.6. The first-order valence-electron chi connectivity index (χ1n) is 7.05. The van der Waals surface area contributed by atoms with Crippen molar-refractivity contribution < 1.29 is 23.1 Å². The van der Waals surface area contributed by atoms with Crippen molar-refractivity contribution >= 4 is 18.5 Å². The van der Waals surface area contributed by atoms with Crippen LogP contribution in [0.2, 0.25) is 0 Å². The third kappa shape index (κ3) is 3.76. The molecule has 1 N–H and O–H groups in total. The Bertz CT molecular complexity index is 540. The van der Waals surface area contributed by atoms with E-state index in [1.165, 1.54) is 12.1 Å². The lowest BCUT2D eigenvalue weighted by Gasteiger charge is -2.38. The van der Waals surface area contributed by atoms with Crippen molar-refractivity contribution in [2.75, 3.05) is 18.8 Å². The molecule has 1 aliphatic heterocycles. The Morgan fingerprint density at radius 1 is 1.32 bits per heavy atom. The van der Waals surface area contributed by atoms with Crippen molar-refractivity contribution in [1.29, 1.82) is 0 Å². The number of carbonyl (C=O) groups excluding carboxylic acids is 1. The zero-order valence-corrected chi connectivity index (χ0v) is 12.8. The van der Waals surface area contributed by atoms with E-state index in [0.717, 1.165) is 12.1 Å². The number of hydrogen-bond acceptors (Lipinski definition) is 3. The SMILES string of the molecule is O=C(CCS)N1CCC(O)(c2cccc(C(F)(F)F)c2)CC1. The molecule has 1 fully saturated rings. The summed E-state index contributed by atoms with van der Waals surface area (Å²) in [6, 6.07) is 4.78. The molecule has 1 aromatic rings. The van der Waals surface area contributed by atoms with Crippen LogP contribution in [0.1, 0.15) is 30.4 Å². The van der Waals surface area contributed by atoms with Crippen LogP contribution in [0.5, 0.6) is 0 Å². The van der Waals surface area contributed by atoms with E-state index in [1.54, 1.807) is 4.90 Å². The number of hydrogen-bond donors (Lipinski definition) is 2. The predicted octanol–water partition coefficient (Wildman–Crippen LogP) is 2.84. The Morgan fingerprint density at radius 3 is 2.50 bits per heavy atom. The van der Waals surface area contributed by atoms with Crippen LogP contribution in [0.15, 0.2) is 24.3 Å². The predicted molar refractivity (Wildman–Crippen MR) is 79.6 cm³/mol. The maximum Gasteiger partial charge on any atom is 0.416 e. The highest BCUT2D eigenvalue weighted by Crippen LogP contribution is 2.36. The van der Waals surface area contributed by atoms with Crippen molar-refractivity contribution in [2.45, 2.75) is 31.0 Å². The number of aliphatic hydroxyl groups is 1. The molecule has 0 aliphatic carbocycles. The molecule has 1 aliphatic rings. The lowest BCUT2D eigenvalue weighted by atomic mass is 9.83. The average molecular weight is 333 g/mol. The molecule has 2 rings (SSSR count). The van der Waals surface area contributed by atoms with Crippen LogP contribution in [-0.4, -0.2) is 34.8 Å². The standard InChI is InChI=1S/C15H18F3NO2S/c16-15(17,18)12-3-1-2-11(10-12)14(21)5-7-19(8-6-14)13(20)4-9-22/h1-3,10,21-22H,4-9H2. The van der Waals surface area contributed by atoms with Gasteiger partial charge in [-0.05, 0) is 36.3 Å². The highest BCUT2D eigenvalue weighted by molar-refractivity contribution is 7.80. The monoisotopic (exact) mass is 333 g/mol. The van der Waals surface area contributed by atoms with Gasteiger partial charge in [-0.25, -0.2) is 0 Å². The minimum absolute atomic E-state index is 0.0407. The fourth-order valence-corrected chi connectivity index (χ4v) is 2.84. The molecule has 0 unspecified atom stereocenters. The van der Waals surface area contributed by atoms with Crippen molar-refractivity contribution in [3.05, 3.63) is 35.4 Å². The van der Waals surface area contributed by atoms with E-state index in [4.69, 9.17) is 0 Å². The molecule has 7 heteroatoms. The van der Waals surface area contributed by atoms with Crippen LogP contribution in [0.4, 0.5) is 13.2 Å². The van der Waals surface area contributed by atoms with Crippen LogP contribution < -0.4 is 0 Å². The van der Waals surface area contributed by atoms with Gasteiger partial charge < -0.3 is 10.0 Å². The van der Waals surface area contributed by atoms with E-state index in [0.29, 0.717) is 25.3 Å². The Kier molecular flexibility index (Phi) is 5.07. The van der Waals surface area contributed by atoms with Crippen LogP contribution in [0.25, 0.3) is 0 Å². The second kappa shape index (κ2) is 6.50. The van der Waals surface area contributed by atoms with Gasteiger partial charge in [0, 0.05) is 19.5 Å². The summed E-state index contributed by atoms with van der Waals surface area (Å²) >= 11 is 4.01. The topological polar surface area (TPSA) is 40.5 Å². The highest BCUT2D eigenvalue weighted by atomic mass is 32.1. The van der Waals surface area contributed by atoms with E-state index >= 15 is 0 Å². The number of rotatable bonds is 3. The summed E-state index contributed by atoms with van der Waals surface area (Å²) in [4.78, 5) is 13.4. The van der Waals surface area contributed by atoms with Gasteiger partial charge in [0.1, 0.15) is 0 Å². The molecule has 3 nitrogen and oxygen atoms in total. The molecule has 0 atom stereocenters. The van der Waals surface area contributed by atoms with Gasteiger partial charge in [0.2, 0.25) is 5.91 Å². The Labute approximate surface area is 132 Å². The molecule has 0 radical (unpaired) electrons. The number of amides is 1. The summed E-state index contributed by atoms with van der Waals surface area (Å²) in [6.45, 7) is 0.665.